The fourth-order valence-corrected chi connectivity index (χ4v) is 4.85. The first-order valence-electron chi connectivity index (χ1n) is 9.38. The third-order valence-electron chi connectivity index (χ3n) is 4.86. The van der Waals surface area contributed by atoms with Gasteiger partial charge in [-0.05, 0) is 63.6 Å². The summed E-state index contributed by atoms with van der Waals surface area (Å²) in [5.41, 5.74) is 5.12. The van der Waals surface area contributed by atoms with E-state index in [1.54, 1.807) is 35.9 Å². The van der Waals surface area contributed by atoms with Crippen molar-refractivity contribution in [2.45, 2.75) is 39.3 Å². The van der Waals surface area contributed by atoms with Crippen LogP contribution in [-0.2, 0) is 14.6 Å². The second kappa shape index (κ2) is 8.28. The van der Waals surface area contributed by atoms with Gasteiger partial charge in [0.15, 0.2) is 15.9 Å². The summed E-state index contributed by atoms with van der Waals surface area (Å²) >= 11 is 0. The van der Waals surface area contributed by atoms with E-state index in [0.29, 0.717) is 17.7 Å². The van der Waals surface area contributed by atoms with E-state index >= 15 is 0 Å². The lowest BCUT2D eigenvalue weighted by Gasteiger charge is -2.17. The molecular weight excluding hydrogens is 394 g/mol. The molecule has 0 radical (unpaired) electrons. The van der Waals surface area contributed by atoms with Crippen molar-refractivity contribution in [2.24, 2.45) is 0 Å². The largest absolute Gasteiger partial charge is 0.481 e. The first-order chi connectivity index (χ1) is 13.6. The van der Waals surface area contributed by atoms with Gasteiger partial charge in [0, 0.05) is 23.0 Å². The highest BCUT2D eigenvalue weighted by Crippen LogP contribution is 2.16. The van der Waals surface area contributed by atoms with Crippen LogP contribution < -0.4 is 15.5 Å². The molecule has 1 fully saturated rings. The summed E-state index contributed by atoms with van der Waals surface area (Å²) < 4.78 is 30.3. The zero-order valence-corrected chi connectivity index (χ0v) is 17.5. The third-order valence-corrected chi connectivity index (χ3v) is 6.63. The van der Waals surface area contributed by atoms with Crippen molar-refractivity contribution in [1.82, 2.24) is 9.99 Å². The second-order valence-corrected chi connectivity index (χ2v) is 9.51. The molecule has 2 amide bonds. The van der Waals surface area contributed by atoms with Gasteiger partial charge >= 0.3 is 0 Å². The van der Waals surface area contributed by atoms with Gasteiger partial charge < -0.3 is 10.1 Å². The zero-order chi connectivity index (χ0) is 21.2. The van der Waals surface area contributed by atoms with E-state index in [1.807, 2.05) is 26.0 Å². The number of hydrogen-bond donors (Lipinski definition) is 2. The molecule has 0 bridgehead atoms. The maximum absolute atomic E-state index is 12.4. The summed E-state index contributed by atoms with van der Waals surface area (Å²) in [5.74, 6) is -0.120. The molecule has 2 atom stereocenters. The summed E-state index contributed by atoms with van der Waals surface area (Å²) in [6.07, 6.45) is -0.367. The molecule has 2 N–H and O–H groups in total. The minimum absolute atomic E-state index is 0.0321. The molecule has 2 heterocycles. The molecule has 1 saturated heterocycles. The van der Waals surface area contributed by atoms with E-state index in [1.165, 1.54) is 0 Å². The summed E-state index contributed by atoms with van der Waals surface area (Å²) in [5, 5.41) is 2.71. The van der Waals surface area contributed by atoms with Gasteiger partial charge in [0.25, 0.3) is 11.8 Å². The predicted octanol–water partition coefficient (Wildman–Crippen LogP) is 1.56. The number of hydrogen-bond acceptors (Lipinski definition) is 5. The van der Waals surface area contributed by atoms with Gasteiger partial charge in [-0.25, -0.2) is 8.42 Å². The van der Waals surface area contributed by atoms with Crippen molar-refractivity contribution in [2.75, 3.05) is 16.9 Å². The second-order valence-electron chi connectivity index (χ2n) is 7.29. The Balaban J connectivity index is 1.55. The third kappa shape index (κ3) is 5.17. The van der Waals surface area contributed by atoms with Gasteiger partial charge in [0.1, 0.15) is 5.75 Å². The number of ether oxygens (including phenoxy) is 1. The van der Waals surface area contributed by atoms with Crippen LogP contribution in [-0.4, -0.2) is 48.6 Å². The van der Waals surface area contributed by atoms with Crippen LogP contribution in [0.5, 0.6) is 5.75 Å². The van der Waals surface area contributed by atoms with Gasteiger partial charge in [-0.2, -0.15) is 0 Å². The van der Waals surface area contributed by atoms with Crippen molar-refractivity contribution in [3.8, 4) is 5.75 Å². The molecule has 1 aliphatic heterocycles. The summed E-state index contributed by atoms with van der Waals surface area (Å²) in [4.78, 5) is 24.7. The maximum Gasteiger partial charge on any atom is 0.270 e. The van der Waals surface area contributed by atoms with Crippen LogP contribution in [0.3, 0.4) is 0 Å². The monoisotopic (exact) mass is 419 g/mol. The molecule has 9 heteroatoms. The molecule has 29 heavy (non-hydrogen) atoms. The fourth-order valence-electron chi connectivity index (χ4n) is 3.18. The fraction of sp³-hybridized carbons (Fsp3) is 0.400. The Morgan fingerprint density at radius 2 is 1.72 bits per heavy atom. The van der Waals surface area contributed by atoms with E-state index < -0.39 is 15.9 Å². The van der Waals surface area contributed by atoms with E-state index in [4.69, 9.17) is 4.74 Å². The maximum atomic E-state index is 12.4. The van der Waals surface area contributed by atoms with E-state index in [0.717, 1.165) is 11.4 Å². The van der Waals surface area contributed by atoms with Crippen molar-refractivity contribution >= 4 is 21.7 Å². The van der Waals surface area contributed by atoms with Crippen LogP contribution in [0.4, 0.5) is 0 Å². The van der Waals surface area contributed by atoms with Gasteiger partial charge in [0.05, 0.1) is 11.5 Å². The summed E-state index contributed by atoms with van der Waals surface area (Å²) in [7, 11) is -3.06. The number of rotatable bonds is 6. The molecule has 1 aliphatic rings. The Kier molecular flexibility index (Phi) is 5.97. The van der Waals surface area contributed by atoms with Crippen LogP contribution in [0.2, 0.25) is 0 Å². The predicted molar refractivity (Wildman–Crippen MR) is 109 cm³/mol. The lowest BCUT2D eigenvalue weighted by molar-refractivity contribution is -0.127. The molecule has 8 nitrogen and oxygen atoms in total. The molecule has 156 valence electrons. The Morgan fingerprint density at radius 3 is 2.28 bits per heavy atom. The Morgan fingerprint density at radius 1 is 1.10 bits per heavy atom. The van der Waals surface area contributed by atoms with Gasteiger partial charge in [0.2, 0.25) is 0 Å². The molecule has 3 rings (SSSR count). The molecule has 1 aromatic heterocycles. The molecule has 0 spiro atoms. The van der Waals surface area contributed by atoms with Crippen molar-refractivity contribution < 1.29 is 22.7 Å². The van der Waals surface area contributed by atoms with Crippen LogP contribution >= 0.6 is 0 Å². The Hall–Kier alpha value is -2.81. The quantitative estimate of drug-likeness (QED) is 0.739. The van der Waals surface area contributed by atoms with Gasteiger partial charge in [-0.1, -0.05) is 0 Å². The normalized spacial score (nSPS) is 18.8. The minimum atomic E-state index is -3.06. The molecule has 0 aliphatic carbocycles. The lowest BCUT2D eigenvalue weighted by atomic mass is 10.2. The first kappa shape index (κ1) is 20.9. The molecule has 0 saturated carbocycles. The Bertz CT molecular complexity index is 992. The summed E-state index contributed by atoms with van der Waals surface area (Å²) in [6, 6.07) is 9.94. The van der Waals surface area contributed by atoms with E-state index in [2.05, 4.69) is 10.7 Å². The van der Waals surface area contributed by atoms with Crippen LogP contribution in [0.15, 0.2) is 36.4 Å². The average Bonchev–Trinajstić information content (AvgIpc) is 3.17. The van der Waals surface area contributed by atoms with E-state index in [9.17, 15) is 18.0 Å². The molecule has 2 aromatic rings. The number of nitrogens with one attached hydrogen (secondary N) is 2. The topological polar surface area (TPSA) is 106 Å². The first-order valence-corrected chi connectivity index (χ1v) is 11.2. The number of amides is 2. The highest BCUT2D eigenvalue weighted by Gasteiger charge is 2.30. The highest BCUT2D eigenvalue weighted by molar-refractivity contribution is 7.91. The lowest BCUT2D eigenvalue weighted by Crippen LogP contribution is -2.43. The average molecular weight is 420 g/mol. The Labute approximate surface area is 170 Å². The van der Waals surface area contributed by atoms with Crippen molar-refractivity contribution in [3.05, 3.63) is 53.3 Å². The van der Waals surface area contributed by atoms with Gasteiger partial charge in [-0.15, -0.1) is 0 Å². The molecule has 0 unspecified atom stereocenters. The number of sulfone groups is 1. The number of nitrogens with zero attached hydrogens (tertiary/aromatic N) is 1. The van der Waals surface area contributed by atoms with Crippen molar-refractivity contribution in [3.63, 3.8) is 0 Å². The van der Waals surface area contributed by atoms with E-state index in [-0.39, 0.29) is 29.4 Å². The molecule has 1 aromatic carbocycles. The number of aromatic nitrogens is 1. The number of carbonyl (C=O) groups excluding carboxylic acids is 2. The SMILES string of the molecule is Cc1ccc(C)n1NC(=O)c1ccc(O[C@@H](C)C(=O)N[C@H]2CCS(=O)(=O)C2)cc1. The molecular formula is C20H25N3O5S. The summed E-state index contributed by atoms with van der Waals surface area (Å²) in [6.45, 7) is 5.40. The number of benzene rings is 1. The van der Waals surface area contributed by atoms with Crippen LogP contribution in [0, 0.1) is 13.8 Å². The van der Waals surface area contributed by atoms with Crippen molar-refractivity contribution in [1.29, 1.82) is 0 Å². The van der Waals surface area contributed by atoms with Crippen LogP contribution in [0.25, 0.3) is 0 Å². The highest BCUT2D eigenvalue weighted by atomic mass is 32.2. The smallest absolute Gasteiger partial charge is 0.270 e. The zero-order valence-electron chi connectivity index (χ0n) is 16.6. The number of aryl methyl sites for hydroxylation is 2. The standard InChI is InChI=1S/C20H25N3O5S/c1-13-4-5-14(2)23(13)22-20(25)16-6-8-18(9-7-16)28-15(3)19(24)21-17-10-11-29(26,27)12-17/h4-9,15,17H,10-12H2,1-3H3,(H,21,24)(H,22,25)/t15-,17-/m0/s1. The van der Waals surface area contributed by atoms with Gasteiger partial charge in [-0.3, -0.25) is 19.7 Å². The minimum Gasteiger partial charge on any atom is -0.481 e. The van der Waals surface area contributed by atoms with Crippen LogP contribution in [0.1, 0.15) is 35.1 Å². The number of carbonyl (C=O) groups is 2.